The highest BCUT2D eigenvalue weighted by atomic mass is 32.1. The van der Waals surface area contributed by atoms with Crippen LogP contribution in [0.2, 0.25) is 0 Å². The maximum absolute atomic E-state index is 14.4. The third-order valence-electron chi connectivity index (χ3n) is 5.90. The predicted octanol–water partition coefficient (Wildman–Crippen LogP) is 7.39. The molecular weight excluding hydrogens is 570 g/mol. The summed E-state index contributed by atoms with van der Waals surface area (Å²) in [5.41, 5.74) is -0.452. The van der Waals surface area contributed by atoms with Crippen LogP contribution >= 0.6 is 22.7 Å². The van der Waals surface area contributed by atoms with Gasteiger partial charge in [-0.2, -0.15) is 20.2 Å². The van der Waals surface area contributed by atoms with E-state index in [2.05, 4.69) is 9.69 Å². The molecule has 40 heavy (non-hydrogen) atoms. The van der Waals surface area contributed by atoms with Gasteiger partial charge in [0, 0.05) is 31.3 Å². The lowest BCUT2D eigenvalue weighted by molar-refractivity contribution is 0.447. The van der Waals surface area contributed by atoms with E-state index in [1.807, 2.05) is 0 Å². The highest BCUT2D eigenvalue weighted by Gasteiger charge is 2.25. The summed E-state index contributed by atoms with van der Waals surface area (Å²) in [4.78, 5) is 6.37. The zero-order valence-corrected chi connectivity index (χ0v) is 21.0. The summed E-state index contributed by atoms with van der Waals surface area (Å²) in [7, 11) is 0. The highest BCUT2D eigenvalue weighted by Crippen LogP contribution is 2.46. The minimum Gasteiger partial charge on any atom is -0.204 e. The molecule has 0 aliphatic carbocycles. The molecule has 0 amide bonds. The SMILES string of the molecule is [C-]#[N+]C([N+]#[C-])=c1cc2c(-c3cc(F)c(F)c(F)c3)c3sc(=C(C#N)C#N)cc3c(-c3cc(F)c(F)c(F)c3)c2s1. The van der Waals surface area contributed by atoms with Gasteiger partial charge in [-0.15, -0.1) is 22.7 Å². The van der Waals surface area contributed by atoms with Gasteiger partial charge in [-0.3, -0.25) is 0 Å². The first-order valence-electron chi connectivity index (χ1n) is 10.8. The Hall–Kier alpha value is -5.14. The average Bonchev–Trinajstić information content (AvgIpc) is 3.54. The van der Waals surface area contributed by atoms with Gasteiger partial charge in [0.15, 0.2) is 34.9 Å². The highest BCUT2D eigenvalue weighted by molar-refractivity contribution is 7.20. The van der Waals surface area contributed by atoms with E-state index >= 15 is 0 Å². The molecule has 5 rings (SSSR count). The predicted molar refractivity (Wildman–Crippen MR) is 138 cm³/mol. The van der Waals surface area contributed by atoms with E-state index in [4.69, 9.17) is 13.1 Å². The van der Waals surface area contributed by atoms with Gasteiger partial charge in [0.1, 0.15) is 35.4 Å². The first-order valence-corrected chi connectivity index (χ1v) is 12.4. The molecule has 2 heterocycles. The van der Waals surface area contributed by atoms with Crippen molar-refractivity contribution in [2.24, 2.45) is 0 Å². The van der Waals surface area contributed by atoms with E-state index in [1.54, 1.807) is 12.1 Å². The molecule has 0 fully saturated rings. The zero-order chi connectivity index (χ0) is 28.9. The standard InChI is InChI=1S/C28H6F6N4S2/c1-37-28(38-2)21-8-15-23(12-5-18(31)25(34)19(32)6-12)26-14(7-20(39-26)13(9-35)10-36)22(27(15)40-21)11-3-16(29)24(33)17(30)4-11/h3-8H. The van der Waals surface area contributed by atoms with Crippen LogP contribution in [-0.4, -0.2) is 0 Å². The molecule has 0 saturated heterocycles. The number of benzene rings is 3. The molecule has 0 N–H and O–H groups in total. The molecular formula is C28H6F6N4S2. The van der Waals surface area contributed by atoms with Gasteiger partial charge < -0.3 is 0 Å². The van der Waals surface area contributed by atoms with Crippen LogP contribution < -0.4 is 9.06 Å². The van der Waals surface area contributed by atoms with E-state index < -0.39 is 34.9 Å². The van der Waals surface area contributed by atoms with Crippen LogP contribution in [-0.2, 0) is 0 Å². The fraction of sp³-hybridized carbons (Fsp3) is 0. The summed E-state index contributed by atoms with van der Waals surface area (Å²) in [6.45, 7) is 14.7. The summed E-state index contributed by atoms with van der Waals surface area (Å²) in [5.74, 6) is -9.83. The number of thiophene rings is 2. The lowest BCUT2D eigenvalue weighted by Crippen LogP contribution is -1.95. The van der Waals surface area contributed by atoms with Gasteiger partial charge in [0.05, 0.1) is 4.53 Å². The topological polar surface area (TPSA) is 56.3 Å². The minimum absolute atomic E-state index is 0.0953. The fourth-order valence-electron chi connectivity index (χ4n) is 4.25. The van der Waals surface area contributed by atoms with Crippen molar-refractivity contribution < 1.29 is 26.3 Å². The second kappa shape index (κ2) is 9.87. The number of hydrogen-bond acceptors (Lipinski definition) is 4. The van der Waals surface area contributed by atoms with Gasteiger partial charge in [-0.25, -0.2) is 26.3 Å². The van der Waals surface area contributed by atoms with Crippen molar-refractivity contribution in [3.05, 3.63) is 103 Å². The van der Waals surface area contributed by atoms with E-state index in [0.29, 0.717) is 0 Å². The molecule has 0 aliphatic heterocycles. The van der Waals surface area contributed by atoms with Gasteiger partial charge in [0.2, 0.25) is 0 Å². The molecule has 0 atom stereocenters. The molecule has 0 spiro atoms. The van der Waals surface area contributed by atoms with Crippen LogP contribution in [0.25, 0.3) is 63.5 Å². The van der Waals surface area contributed by atoms with Crippen molar-refractivity contribution in [3.63, 3.8) is 0 Å². The first kappa shape index (κ1) is 26.5. The normalized spacial score (nSPS) is 10.7. The summed E-state index contributed by atoms with van der Waals surface area (Å²) in [6, 6.07) is 9.12. The Morgan fingerprint density at radius 3 is 1.38 bits per heavy atom. The van der Waals surface area contributed by atoms with Crippen molar-refractivity contribution in [1.82, 2.24) is 0 Å². The second-order valence-corrected chi connectivity index (χ2v) is 10.2. The smallest absolute Gasteiger partial charge is 0.204 e. The molecule has 0 unspecified atom stereocenters. The van der Waals surface area contributed by atoms with Gasteiger partial charge >= 0.3 is 5.82 Å². The lowest BCUT2D eigenvalue weighted by atomic mass is 9.93. The monoisotopic (exact) mass is 576 g/mol. The Kier molecular flexibility index (Phi) is 6.53. The van der Waals surface area contributed by atoms with E-state index in [-0.39, 0.29) is 62.9 Å². The molecule has 0 bridgehead atoms. The molecule has 5 aromatic rings. The fourth-order valence-corrected chi connectivity index (χ4v) is 6.62. The second-order valence-electron chi connectivity index (χ2n) is 8.11. The zero-order valence-electron chi connectivity index (χ0n) is 19.3. The summed E-state index contributed by atoms with van der Waals surface area (Å²) in [5, 5.41) is 19.2. The maximum atomic E-state index is 14.4. The molecule has 0 aliphatic rings. The molecule has 2 aromatic heterocycles. The maximum Gasteiger partial charge on any atom is 0.536 e. The Morgan fingerprint density at radius 2 is 1.00 bits per heavy atom. The summed E-state index contributed by atoms with van der Waals surface area (Å²) >= 11 is 1.71. The molecule has 0 saturated carbocycles. The number of fused-ring (bicyclic) bond motifs is 2. The molecule has 12 heteroatoms. The third kappa shape index (κ3) is 4.04. The van der Waals surface area contributed by atoms with E-state index in [9.17, 15) is 36.9 Å². The average molecular weight is 577 g/mol. The van der Waals surface area contributed by atoms with Crippen molar-refractivity contribution >= 4 is 54.2 Å². The Balaban J connectivity index is 2.14. The van der Waals surface area contributed by atoms with Crippen LogP contribution in [0.5, 0.6) is 0 Å². The third-order valence-corrected chi connectivity index (χ3v) is 8.22. The van der Waals surface area contributed by atoms with E-state index in [1.165, 1.54) is 12.1 Å². The Labute approximate surface area is 228 Å². The first-order chi connectivity index (χ1) is 19.1. The van der Waals surface area contributed by atoms with Gasteiger partial charge in [0.25, 0.3) is 0 Å². The van der Waals surface area contributed by atoms with Gasteiger partial charge in [-0.05, 0) is 47.5 Å². The quantitative estimate of drug-likeness (QED) is 0.125. The lowest BCUT2D eigenvalue weighted by Gasteiger charge is -2.13. The van der Waals surface area contributed by atoms with Crippen molar-refractivity contribution in [1.29, 1.82) is 10.5 Å². The van der Waals surface area contributed by atoms with Crippen LogP contribution in [0.1, 0.15) is 0 Å². The Bertz CT molecular complexity index is 1940. The van der Waals surface area contributed by atoms with Crippen LogP contribution in [0.3, 0.4) is 0 Å². The molecule has 192 valence electrons. The van der Waals surface area contributed by atoms with Crippen molar-refractivity contribution in [2.45, 2.75) is 0 Å². The number of nitrogens with zero attached hydrogens (tertiary/aromatic N) is 4. The number of hydrogen-bond donors (Lipinski definition) is 0. The molecule has 0 radical (unpaired) electrons. The van der Waals surface area contributed by atoms with Crippen LogP contribution in [0.15, 0.2) is 36.4 Å². The Morgan fingerprint density at radius 1 is 0.625 bits per heavy atom. The van der Waals surface area contributed by atoms with Crippen LogP contribution in [0, 0.1) is 70.7 Å². The molecule has 4 nitrogen and oxygen atoms in total. The largest absolute Gasteiger partial charge is 0.536 e. The number of rotatable bonds is 2. The summed E-state index contributed by atoms with van der Waals surface area (Å²) < 4.78 is 85.8. The summed E-state index contributed by atoms with van der Waals surface area (Å²) in [6.07, 6.45) is 0. The number of nitriles is 2. The van der Waals surface area contributed by atoms with E-state index in [0.717, 1.165) is 46.9 Å². The van der Waals surface area contributed by atoms with Gasteiger partial charge in [-0.1, -0.05) is 0 Å². The van der Waals surface area contributed by atoms with Crippen LogP contribution in [0.4, 0.5) is 26.3 Å². The molecule has 3 aromatic carbocycles. The van der Waals surface area contributed by atoms with Crippen molar-refractivity contribution in [3.8, 4) is 34.4 Å². The number of halogens is 6. The minimum atomic E-state index is -1.72. The van der Waals surface area contributed by atoms with Crippen molar-refractivity contribution in [2.75, 3.05) is 0 Å².